The van der Waals surface area contributed by atoms with Crippen LogP contribution in [0.5, 0.6) is 11.5 Å². The molecule has 0 bridgehead atoms. The fourth-order valence-corrected chi connectivity index (χ4v) is 2.98. The summed E-state index contributed by atoms with van der Waals surface area (Å²) in [6.07, 6.45) is 1.60. The van der Waals surface area contributed by atoms with Gasteiger partial charge in [-0.1, -0.05) is 15.9 Å². The zero-order chi connectivity index (χ0) is 21.0. The van der Waals surface area contributed by atoms with E-state index in [-0.39, 0.29) is 12.2 Å². The maximum absolute atomic E-state index is 13.4. The third-order valence-electron chi connectivity index (χ3n) is 3.98. The number of aromatic amines is 1. The summed E-state index contributed by atoms with van der Waals surface area (Å²) < 4.78 is 29.3. The van der Waals surface area contributed by atoms with Crippen LogP contribution in [0.25, 0.3) is 22.7 Å². The van der Waals surface area contributed by atoms with E-state index < -0.39 is 11.8 Å². The SMILES string of the molecule is COC(=O)COc1cc(Br)c(/C=C(/C#N)c2nc3ccc(F)cc3[nH]2)cc1OC. The molecule has 0 fully saturated rings. The van der Waals surface area contributed by atoms with Crippen LogP contribution in [0, 0.1) is 17.1 Å². The Morgan fingerprint density at radius 1 is 1.31 bits per heavy atom. The molecule has 1 heterocycles. The van der Waals surface area contributed by atoms with Crippen LogP contribution in [0.1, 0.15) is 11.4 Å². The zero-order valence-corrected chi connectivity index (χ0v) is 17.0. The normalized spacial score (nSPS) is 11.2. The van der Waals surface area contributed by atoms with Crippen LogP contribution in [0.2, 0.25) is 0 Å². The van der Waals surface area contributed by atoms with Gasteiger partial charge in [-0.15, -0.1) is 0 Å². The number of hydrogen-bond donors (Lipinski definition) is 1. The summed E-state index contributed by atoms with van der Waals surface area (Å²) in [5.41, 5.74) is 1.90. The Balaban J connectivity index is 1.98. The number of carbonyl (C=O) groups excluding carboxylic acids is 1. The number of ether oxygens (including phenoxy) is 3. The van der Waals surface area contributed by atoms with Crippen LogP contribution in [-0.4, -0.2) is 36.8 Å². The fourth-order valence-electron chi connectivity index (χ4n) is 2.55. The highest BCUT2D eigenvalue weighted by molar-refractivity contribution is 9.10. The predicted molar refractivity (Wildman–Crippen MR) is 108 cm³/mol. The van der Waals surface area contributed by atoms with Crippen LogP contribution in [0.4, 0.5) is 4.39 Å². The Labute approximate surface area is 173 Å². The van der Waals surface area contributed by atoms with Gasteiger partial charge in [0.1, 0.15) is 17.7 Å². The van der Waals surface area contributed by atoms with E-state index in [2.05, 4.69) is 36.7 Å². The van der Waals surface area contributed by atoms with Gasteiger partial charge in [-0.3, -0.25) is 0 Å². The second kappa shape index (κ2) is 8.75. The molecule has 0 saturated heterocycles. The van der Waals surface area contributed by atoms with Crippen molar-refractivity contribution in [2.45, 2.75) is 0 Å². The van der Waals surface area contributed by atoms with E-state index >= 15 is 0 Å². The fraction of sp³-hybridized carbons (Fsp3) is 0.150. The molecule has 0 saturated carbocycles. The number of allylic oxidation sites excluding steroid dienone is 1. The summed E-state index contributed by atoms with van der Waals surface area (Å²) in [5.74, 6) is 0.0856. The van der Waals surface area contributed by atoms with E-state index in [4.69, 9.17) is 9.47 Å². The van der Waals surface area contributed by atoms with Gasteiger partial charge in [0.05, 0.1) is 30.8 Å². The molecule has 0 spiro atoms. The van der Waals surface area contributed by atoms with Gasteiger partial charge in [0.25, 0.3) is 0 Å². The molecule has 148 valence electrons. The van der Waals surface area contributed by atoms with Crippen molar-refractivity contribution < 1.29 is 23.4 Å². The van der Waals surface area contributed by atoms with Gasteiger partial charge < -0.3 is 19.2 Å². The Kier molecular flexibility index (Phi) is 6.14. The molecule has 0 radical (unpaired) electrons. The standard InChI is InChI=1S/C20H15BrFN3O4/c1-27-17-6-11(14(21)8-18(17)29-10-19(26)28-2)5-12(9-23)20-24-15-4-3-13(22)7-16(15)25-20/h3-8H,10H2,1-2H3,(H,24,25)/b12-5-. The third kappa shape index (κ3) is 4.55. The quantitative estimate of drug-likeness (QED) is 0.440. The summed E-state index contributed by atoms with van der Waals surface area (Å²) in [6, 6.07) is 9.51. The Morgan fingerprint density at radius 2 is 2.10 bits per heavy atom. The Hall–Kier alpha value is -3.38. The lowest BCUT2D eigenvalue weighted by Gasteiger charge is -2.12. The number of aromatic nitrogens is 2. The van der Waals surface area contributed by atoms with Crippen molar-refractivity contribution in [3.8, 4) is 17.6 Å². The lowest BCUT2D eigenvalue weighted by atomic mass is 10.1. The summed E-state index contributed by atoms with van der Waals surface area (Å²) in [4.78, 5) is 18.6. The maximum Gasteiger partial charge on any atom is 0.343 e. The first-order chi connectivity index (χ1) is 13.9. The molecule has 0 aliphatic rings. The first-order valence-corrected chi connectivity index (χ1v) is 9.09. The number of esters is 1. The highest BCUT2D eigenvalue weighted by Gasteiger charge is 2.14. The van der Waals surface area contributed by atoms with Gasteiger partial charge in [-0.05, 0) is 42.0 Å². The van der Waals surface area contributed by atoms with Crippen molar-refractivity contribution in [1.29, 1.82) is 5.26 Å². The largest absolute Gasteiger partial charge is 0.493 e. The molecule has 2 aromatic carbocycles. The number of rotatable bonds is 6. The number of nitrogens with zero attached hydrogens (tertiary/aromatic N) is 2. The van der Waals surface area contributed by atoms with E-state index in [9.17, 15) is 14.4 Å². The van der Waals surface area contributed by atoms with Crippen LogP contribution >= 0.6 is 15.9 Å². The van der Waals surface area contributed by atoms with Crippen LogP contribution in [0.3, 0.4) is 0 Å². The molecule has 7 nitrogen and oxygen atoms in total. The average molecular weight is 460 g/mol. The molecule has 0 amide bonds. The van der Waals surface area contributed by atoms with Crippen molar-refractivity contribution in [1.82, 2.24) is 9.97 Å². The number of methoxy groups -OCH3 is 2. The molecular formula is C20H15BrFN3O4. The lowest BCUT2D eigenvalue weighted by molar-refractivity contribution is -0.142. The number of halogens is 2. The van der Waals surface area contributed by atoms with Gasteiger partial charge in [-0.25, -0.2) is 14.2 Å². The van der Waals surface area contributed by atoms with Gasteiger partial charge in [-0.2, -0.15) is 5.26 Å². The number of nitrogens with one attached hydrogen (secondary N) is 1. The number of fused-ring (bicyclic) bond motifs is 1. The molecule has 9 heteroatoms. The number of benzene rings is 2. The number of nitriles is 1. The molecule has 0 unspecified atom stereocenters. The van der Waals surface area contributed by atoms with E-state index in [1.807, 2.05) is 0 Å². The molecule has 1 N–H and O–H groups in total. The Bertz CT molecular complexity index is 1150. The lowest BCUT2D eigenvalue weighted by Crippen LogP contribution is -2.13. The van der Waals surface area contributed by atoms with Gasteiger partial charge in [0.15, 0.2) is 18.1 Å². The van der Waals surface area contributed by atoms with E-state index in [1.165, 1.54) is 32.4 Å². The van der Waals surface area contributed by atoms with Crippen LogP contribution < -0.4 is 9.47 Å². The first-order valence-electron chi connectivity index (χ1n) is 8.29. The predicted octanol–water partition coefficient (Wildman–Crippen LogP) is 4.09. The number of carbonyl (C=O) groups is 1. The summed E-state index contributed by atoms with van der Waals surface area (Å²) in [6.45, 7) is -0.270. The van der Waals surface area contributed by atoms with E-state index in [0.717, 1.165) is 0 Å². The van der Waals surface area contributed by atoms with E-state index in [1.54, 1.807) is 18.2 Å². The molecule has 0 aliphatic heterocycles. The summed E-state index contributed by atoms with van der Waals surface area (Å²) >= 11 is 3.42. The highest BCUT2D eigenvalue weighted by atomic mass is 79.9. The van der Waals surface area contributed by atoms with Crippen molar-refractivity contribution in [3.63, 3.8) is 0 Å². The molecule has 0 aliphatic carbocycles. The van der Waals surface area contributed by atoms with Crippen LogP contribution in [-0.2, 0) is 9.53 Å². The minimum atomic E-state index is -0.528. The molecule has 29 heavy (non-hydrogen) atoms. The molecule has 0 atom stereocenters. The molecule has 3 rings (SSSR count). The number of imidazole rings is 1. The van der Waals surface area contributed by atoms with Crippen molar-refractivity contribution in [3.05, 3.63) is 52.0 Å². The third-order valence-corrected chi connectivity index (χ3v) is 4.66. The Morgan fingerprint density at radius 3 is 2.79 bits per heavy atom. The van der Waals surface area contributed by atoms with Gasteiger partial charge >= 0.3 is 5.97 Å². The monoisotopic (exact) mass is 459 g/mol. The summed E-state index contributed by atoms with van der Waals surface area (Å²) in [7, 11) is 2.73. The first kappa shape index (κ1) is 20.4. The van der Waals surface area contributed by atoms with Crippen molar-refractivity contribution in [2.75, 3.05) is 20.8 Å². The second-order valence-electron chi connectivity index (χ2n) is 5.81. The second-order valence-corrected chi connectivity index (χ2v) is 6.66. The van der Waals surface area contributed by atoms with Crippen molar-refractivity contribution in [2.24, 2.45) is 0 Å². The number of hydrogen-bond acceptors (Lipinski definition) is 6. The smallest absolute Gasteiger partial charge is 0.343 e. The minimum Gasteiger partial charge on any atom is -0.493 e. The zero-order valence-electron chi connectivity index (χ0n) is 15.5. The van der Waals surface area contributed by atoms with E-state index in [0.29, 0.717) is 38.4 Å². The van der Waals surface area contributed by atoms with Gasteiger partial charge in [0, 0.05) is 4.47 Å². The van der Waals surface area contributed by atoms with Gasteiger partial charge in [0.2, 0.25) is 0 Å². The van der Waals surface area contributed by atoms with Crippen LogP contribution in [0.15, 0.2) is 34.8 Å². The molecule has 3 aromatic rings. The van der Waals surface area contributed by atoms with Crippen molar-refractivity contribution >= 4 is 44.6 Å². The topological polar surface area (TPSA) is 97.2 Å². The highest BCUT2D eigenvalue weighted by Crippen LogP contribution is 2.35. The molecule has 1 aromatic heterocycles. The summed E-state index contributed by atoms with van der Waals surface area (Å²) in [5, 5.41) is 9.59. The average Bonchev–Trinajstić information content (AvgIpc) is 3.13. The minimum absolute atomic E-state index is 0.243. The maximum atomic E-state index is 13.4. The molecular weight excluding hydrogens is 445 g/mol. The number of H-pyrrole nitrogens is 1.